The molecule has 0 aromatic carbocycles. The van der Waals surface area contributed by atoms with E-state index in [2.05, 4.69) is 20.8 Å². The number of aliphatic hydroxyl groups excluding tert-OH is 1. The molecule has 22 heavy (non-hydrogen) atoms. The molecule has 1 aliphatic carbocycles. The van der Waals surface area contributed by atoms with E-state index in [-0.39, 0.29) is 41.7 Å². The zero-order valence-corrected chi connectivity index (χ0v) is 14.2. The molecule has 7 atom stereocenters. The summed E-state index contributed by atoms with van der Waals surface area (Å²) in [6.07, 6.45) is 1.52. The van der Waals surface area contributed by atoms with Crippen LogP contribution in [0.1, 0.15) is 53.9 Å². The molecule has 0 amide bonds. The molecule has 3 fully saturated rings. The first-order valence-electron chi connectivity index (χ1n) is 8.38. The number of esters is 1. The van der Waals surface area contributed by atoms with Gasteiger partial charge in [-0.05, 0) is 39.0 Å². The van der Waals surface area contributed by atoms with Crippen LogP contribution in [0.4, 0.5) is 0 Å². The highest BCUT2D eigenvalue weighted by Gasteiger charge is 2.64. The molecule has 1 N–H and O–H groups in total. The van der Waals surface area contributed by atoms with E-state index in [9.17, 15) is 9.90 Å². The van der Waals surface area contributed by atoms with Gasteiger partial charge in [0.1, 0.15) is 17.8 Å². The van der Waals surface area contributed by atoms with Crippen LogP contribution in [0.2, 0.25) is 0 Å². The molecule has 5 heteroatoms. The van der Waals surface area contributed by atoms with E-state index in [1.165, 1.54) is 6.92 Å². The van der Waals surface area contributed by atoms with E-state index in [0.29, 0.717) is 6.42 Å². The number of hydrogen-bond donors (Lipinski definition) is 1. The quantitative estimate of drug-likeness (QED) is 0.624. The number of ether oxygens (including phenoxy) is 3. The number of carbonyl (C=O) groups excluding carboxylic acids is 1. The smallest absolute Gasteiger partial charge is 0.303 e. The van der Waals surface area contributed by atoms with E-state index in [0.717, 1.165) is 12.8 Å². The highest BCUT2D eigenvalue weighted by molar-refractivity contribution is 5.66. The highest BCUT2D eigenvalue weighted by atomic mass is 16.6. The van der Waals surface area contributed by atoms with Gasteiger partial charge in [-0.25, -0.2) is 0 Å². The first-order chi connectivity index (χ1) is 10.2. The Bertz CT molecular complexity index is 464. The van der Waals surface area contributed by atoms with Gasteiger partial charge in [0.25, 0.3) is 0 Å². The summed E-state index contributed by atoms with van der Waals surface area (Å²) in [7, 11) is 0. The summed E-state index contributed by atoms with van der Waals surface area (Å²) >= 11 is 0. The summed E-state index contributed by atoms with van der Waals surface area (Å²) in [4.78, 5) is 11.6. The third kappa shape index (κ3) is 2.68. The summed E-state index contributed by atoms with van der Waals surface area (Å²) in [5.74, 6) is 0.0602. The average molecular weight is 312 g/mol. The molecule has 0 unspecified atom stereocenters. The largest absolute Gasteiger partial charge is 0.459 e. The second-order valence-electron chi connectivity index (χ2n) is 7.91. The predicted octanol–water partition coefficient (Wildman–Crippen LogP) is 2.05. The summed E-state index contributed by atoms with van der Waals surface area (Å²) in [6, 6.07) is 0. The van der Waals surface area contributed by atoms with Gasteiger partial charge >= 0.3 is 5.97 Å². The first kappa shape index (κ1) is 16.2. The Morgan fingerprint density at radius 2 is 2.00 bits per heavy atom. The fourth-order valence-corrected chi connectivity index (χ4v) is 4.04. The second kappa shape index (κ2) is 5.18. The number of rotatable bonds is 2. The Kier molecular flexibility index (Phi) is 3.82. The van der Waals surface area contributed by atoms with Crippen molar-refractivity contribution in [2.75, 3.05) is 0 Å². The van der Waals surface area contributed by atoms with Crippen molar-refractivity contribution in [2.45, 2.75) is 89.5 Å². The van der Waals surface area contributed by atoms with Crippen LogP contribution in [-0.4, -0.2) is 46.7 Å². The molecule has 0 bridgehead atoms. The zero-order chi connectivity index (χ0) is 16.3. The fraction of sp³-hybridized carbons (Fsp3) is 0.941. The van der Waals surface area contributed by atoms with Gasteiger partial charge in [0.15, 0.2) is 0 Å². The lowest BCUT2D eigenvalue weighted by Crippen LogP contribution is -2.42. The van der Waals surface area contributed by atoms with Crippen LogP contribution in [0.5, 0.6) is 0 Å². The van der Waals surface area contributed by atoms with Gasteiger partial charge in [-0.1, -0.05) is 13.8 Å². The standard InChI is InChI=1S/C17H28O5/c1-9(2)11-8-12(19)17(5)13(21-17)6-7-16(4)15(22-16)14(11)20-10(3)18/h9,11-15,19H,6-8H2,1-5H3/t11-,12-,13+,14+,15-,16-,17+/m0/s1. The molecule has 1 saturated carbocycles. The molecule has 0 aromatic heterocycles. The Hall–Kier alpha value is -0.650. The molecule has 2 aliphatic heterocycles. The SMILES string of the molecule is CC(=O)O[C@@H]1[C@H](C(C)C)C[C@H](O)[C@@]2(C)O[C@@H]2CC[C@]2(C)O[C@@H]12. The first-order valence-corrected chi connectivity index (χ1v) is 8.38. The van der Waals surface area contributed by atoms with Crippen molar-refractivity contribution in [1.82, 2.24) is 0 Å². The van der Waals surface area contributed by atoms with Crippen LogP contribution >= 0.6 is 0 Å². The van der Waals surface area contributed by atoms with E-state index in [4.69, 9.17) is 14.2 Å². The number of fused-ring (bicyclic) bond motifs is 2. The van der Waals surface area contributed by atoms with Crippen LogP contribution < -0.4 is 0 Å². The van der Waals surface area contributed by atoms with Gasteiger partial charge in [0, 0.05) is 12.8 Å². The van der Waals surface area contributed by atoms with Crippen LogP contribution in [-0.2, 0) is 19.0 Å². The number of aliphatic hydroxyl groups is 1. The maximum Gasteiger partial charge on any atom is 0.303 e. The van der Waals surface area contributed by atoms with Gasteiger partial charge in [0.05, 0.1) is 17.8 Å². The third-order valence-electron chi connectivity index (χ3n) is 5.86. The Morgan fingerprint density at radius 1 is 1.32 bits per heavy atom. The Balaban J connectivity index is 1.87. The lowest BCUT2D eigenvalue weighted by atomic mass is 9.77. The molecule has 0 spiro atoms. The van der Waals surface area contributed by atoms with Crippen molar-refractivity contribution in [1.29, 1.82) is 0 Å². The van der Waals surface area contributed by atoms with Crippen molar-refractivity contribution >= 4 is 5.97 Å². The van der Waals surface area contributed by atoms with Gasteiger partial charge < -0.3 is 19.3 Å². The average Bonchev–Trinajstić information content (AvgIpc) is 3.27. The molecule has 0 aromatic rings. The normalized spacial score (nSPS) is 50.8. The van der Waals surface area contributed by atoms with Crippen LogP contribution in [0.3, 0.4) is 0 Å². The molecule has 2 saturated heterocycles. The lowest BCUT2D eigenvalue weighted by molar-refractivity contribution is -0.152. The number of carbonyl (C=O) groups is 1. The summed E-state index contributed by atoms with van der Waals surface area (Å²) in [6.45, 7) is 9.71. The van der Waals surface area contributed by atoms with Crippen molar-refractivity contribution in [3.05, 3.63) is 0 Å². The molecular formula is C17H28O5. The molecule has 3 rings (SSSR count). The molecule has 0 radical (unpaired) electrons. The monoisotopic (exact) mass is 312 g/mol. The van der Waals surface area contributed by atoms with Gasteiger partial charge in [-0.2, -0.15) is 0 Å². The van der Waals surface area contributed by atoms with Crippen molar-refractivity contribution < 1.29 is 24.1 Å². The summed E-state index contributed by atoms with van der Waals surface area (Å²) < 4.78 is 17.4. The molecule has 2 heterocycles. The molecule has 5 nitrogen and oxygen atoms in total. The van der Waals surface area contributed by atoms with Crippen molar-refractivity contribution in [2.24, 2.45) is 11.8 Å². The third-order valence-corrected chi connectivity index (χ3v) is 5.86. The lowest BCUT2D eigenvalue weighted by Gasteiger charge is -2.32. The van der Waals surface area contributed by atoms with Gasteiger partial charge in [-0.15, -0.1) is 0 Å². The van der Waals surface area contributed by atoms with Gasteiger partial charge in [0.2, 0.25) is 0 Å². The van der Waals surface area contributed by atoms with Gasteiger partial charge in [-0.3, -0.25) is 4.79 Å². The zero-order valence-electron chi connectivity index (χ0n) is 14.2. The maximum atomic E-state index is 11.6. The van der Waals surface area contributed by atoms with Crippen LogP contribution in [0.15, 0.2) is 0 Å². The summed E-state index contributed by atoms with van der Waals surface area (Å²) in [5.41, 5.74) is -0.686. The fourth-order valence-electron chi connectivity index (χ4n) is 4.04. The van der Waals surface area contributed by atoms with E-state index < -0.39 is 11.7 Å². The molecule has 3 aliphatic rings. The minimum atomic E-state index is -0.536. The molecule has 126 valence electrons. The number of epoxide rings is 2. The van der Waals surface area contributed by atoms with E-state index >= 15 is 0 Å². The maximum absolute atomic E-state index is 11.6. The van der Waals surface area contributed by atoms with Crippen LogP contribution in [0.25, 0.3) is 0 Å². The van der Waals surface area contributed by atoms with Crippen LogP contribution in [0, 0.1) is 11.8 Å². The number of hydrogen-bond acceptors (Lipinski definition) is 5. The molecular weight excluding hydrogens is 284 g/mol. The highest BCUT2D eigenvalue weighted by Crippen LogP contribution is 2.53. The van der Waals surface area contributed by atoms with Crippen molar-refractivity contribution in [3.63, 3.8) is 0 Å². The topological polar surface area (TPSA) is 71.6 Å². The summed E-state index contributed by atoms with van der Waals surface area (Å²) in [5, 5.41) is 10.6. The predicted molar refractivity (Wildman–Crippen MR) is 80.3 cm³/mol. The Morgan fingerprint density at radius 3 is 2.59 bits per heavy atom. The minimum absolute atomic E-state index is 0.0606. The second-order valence-corrected chi connectivity index (χ2v) is 7.91. The Labute approximate surface area is 132 Å². The van der Waals surface area contributed by atoms with E-state index in [1.807, 2.05) is 6.92 Å². The van der Waals surface area contributed by atoms with Crippen molar-refractivity contribution in [3.8, 4) is 0 Å². The minimum Gasteiger partial charge on any atom is -0.459 e. The van der Waals surface area contributed by atoms with E-state index in [1.54, 1.807) is 0 Å².